The van der Waals surface area contributed by atoms with E-state index in [1.807, 2.05) is 4.90 Å². The molecule has 4 nitrogen and oxygen atoms in total. The first-order valence-corrected chi connectivity index (χ1v) is 6.80. The molecule has 1 saturated heterocycles. The topological polar surface area (TPSA) is 52.6 Å². The molecule has 17 heavy (non-hydrogen) atoms. The zero-order valence-corrected chi connectivity index (χ0v) is 11.2. The van der Waals surface area contributed by atoms with Crippen LogP contribution in [-0.4, -0.2) is 41.3 Å². The van der Waals surface area contributed by atoms with E-state index in [2.05, 4.69) is 19.2 Å². The normalized spacial score (nSPS) is 24.1. The maximum Gasteiger partial charge on any atom is 0.317 e. The van der Waals surface area contributed by atoms with Gasteiger partial charge in [0.05, 0.1) is 0 Å². The number of nitrogens with zero attached hydrogens (tertiary/aromatic N) is 1. The average molecular weight is 242 g/mol. The van der Waals surface area contributed by atoms with Crippen molar-refractivity contribution in [2.45, 2.75) is 57.9 Å². The Balaban J connectivity index is 2.46. The molecule has 0 spiro atoms. The molecule has 0 aromatic rings. The van der Waals surface area contributed by atoms with Gasteiger partial charge in [-0.1, -0.05) is 13.3 Å². The predicted octanol–water partition coefficient (Wildman–Crippen LogP) is 2.12. The molecule has 100 valence electrons. The Morgan fingerprint density at radius 2 is 2.24 bits per heavy atom. The van der Waals surface area contributed by atoms with Gasteiger partial charge in [0.2, 0.25) is 0 Å². The number of aliphatic hydroxyl groups excluding tert-OH is 1. The maximum absolute atomic E-state index is 12.1. The molecule has 0 aromatic carbocycles. The summed E-state index contributed by atoms with van der Waals surface area (Å²) in [5.74, 6) is 0. The molecule has 1 atom stereocenters. The lowest BCUT2D eigenvalue weighted by molar-refractivity contribution is 0.141. The Hall–Kier alpha value is -0.770. The van der Waals surface area contributed by atoms with Crippen LogP contribution in [0.4, 0.5) is 4.79 Å². The second-order valence-electron chi connectivity index (χ2n) is 5.16. The fourth-order valence-corrected chi connectivity index (χ4v) is 2.56. The highest BCUT2D eigenvalue weighted by Crippen LogP contribution is 2.32. The van der Waals surface area contributed by atoms with Crippen LogP contribution in [0.5, 0.6) is 0 Å². The number of likely N-dealkylation sites (tertiary alicyclic amines) is 1. The Kier molecular flexibility index (Phi) is 5.75. The average Bonchev–Trinajstić information content (AvgIpc) is 2.69. The molecule has 0 saturated carbocycles. The SMILES string of the molecule is CCCCNC(=O)N1CCC[C@@]1(C)CCCO. The Labute approximate surface area is 104 Å². The Morgan fingerprint density at radius 3 is 2.88 bits per heavy atom. The molecule has 1 heterocycles. The molecule has 0 aliphatic carbocycles. The number of carbonyl (C=O) groups is 1. The summed E-state index contributed by atoms with van der Waals surface area (Å²) in [5, 5.41) is 11.9. The minimum Gasteiger partial charge on any atom is -0.396 e. The third-order valence-corrected chi connectivity index (χ3v) is 3.67. The first kappa shape index (κ1) is 14.3. The van der Waals surface area contributed by atoms with E-state index < -0.39 is 0 Å². The lowest BCUT2D eigenvalue weighted by Gasteiger charge is -2.35. The number of rotatable bonds is 6. The molecular weight excluding hydrogens is 216 g/mol. The standard InChI is InChI=1S/C13H26N2O2/c1-3-4-9-14-12(17)15-10-5-7-13(15,2)8-6-11-16/h16H,3-11H2,1-2H3,(H,14,17)/t13-/m0/s1. The quantitative estimate of drug-likeness (QED) is 0.701. The number of nitrogens with one attached hydrogen (secondary N) is 1. The molecule has 2 N–H and O–H groups in total. The van der Waals surface area contributed by atoms with Gasteiger partial charge in [-0.25, -0.2) is 4.79 Å². The van der Waals surface area contributed by atoms with Crippen molar-refractivity contribution in [2.75, 3.05) is 19.7 Å². The van der Waals surface area contributed by atoms with Gasteiger partial charge in [-0.15, -0.1) is 0 Å². The minimum absolute atomic E-state index is 0.0565. The molecule has 1 rings (SSSR count). The van der Waals surface area contributed by atoms with Crippen molar-refractivity contribution < 1.29 is 9.90 Å². The lowest BCUT2D eigenvalue weighted by atomic mass is 9.93. The van der Waals surface area contributed by atoms with Crippen LogP contribution in [0.2, 0.25) is 0 Å². The summed E-state index contributed by atoms with van der Waals surface area (Å²) in [6.45, 7) is 6.07. The number of hydrogen-bond donors (Lipinski definition) is 2. The minimum atomic E-state index is -0.0565. The zero-order chi connectivity index (χ0) is 12.7. The molecule has 1 aliphatic rings. The van der Waals surface area contributed by atoms with Crippen molar-refractivity contribution in [2.24, 2.45) is 0 Å². The number of unbranched alkanes of at least 4 members (excludes halogenated alkanes) is 1. The Morgan fingerprint density at radius 1 is 1.47 bits per heavy atom. The van der Waals surface area contributed by atoms with Gasteiger partial charge in [0, 0.05) is 25.2 Å². The van der Waals surface area contributed by atoms with E-state index in [0.717, 1.165) is 51.6 Å². The van der Waals surface area contributed by atoms with Crippen LogP contribution in [0.3, 0.4) is 0 Å². The first-order chi connectivity index (χ1) is 8.14. The van der Waals surface area contributed by atoms with E-state index in [-0.39, 0.29) is 18.2 Å². The number of amides is 2. The fourth-order valence-electron chi connectivity index (χ4n) is 2.56. The second-order valence-corrected chi connectivity index (χ2v) is 5.16. The first-order valence-electron chi connectivity index (χ1n) is 6.80. The summed E-state index contributed by atoms with van der Waals surface area (Å²) in [4.78, 5) is 14.0. The van der Waals surface area contributed by atoms with Crippen molar-refractivity contribution in [3.05, 3.63) is 0 Å². The van der Waals surface area contributed by atoms with Crippen molar-refractivity contribution in [1.29, 1.82) is 0 Å². The molecule has 4 heteroatoms. The zero-order valence-electron chi connectivity index (χ0n) is 11.2. The van der Waals surface area contributed by atoms with Crippen LogP contribution in [0.25, 0.3) is 0 Å². The van der Waals surface area contributed by atoms with Gasteiger partial charge in [0.1, 0.15) is 0 Å². The summed E-state index contributed by atoms with van der Waals surface area (Å²) in [7, 11) is 0. The summed E-state index contributed by atoms with van der Waals surface area (Å²) in [5.41, 5.74) is -0.0565. The van der Waals surface area contributed by atoms with Crippen molar-refractivity contribution in [3.63, 3.8) is 0 Å². The summed E-state index contributed by atoms with van der Waals surface area (Å²) >= 11 is 0. The van der Waals surface area contributed by atoms with E-state index in [0.29, 0.717) is 0 Å². The third kappa shape index (κ3) is 3.87. The van der Waals surface area contributed by atoms with Crippen LogP contribution in [-0.2, 0) is 0 Å². The van der Waals surface area contributed by atoms with Crippen molar-refractivity contribution >= 4 is 6.03 Å². The van der Waals surface area contributed by atoms with Crippen LogP contribution in [0.1, 0.15) is 52.4 Å². The molecule has 0 aromatic heterocycles. The van der Waals surface area contributed by atoms with E-state index in [9.17, 15) is 4.79 Å². The van der Waals surface area contributed by atoms with Gasteiger partial charge in [-0.05, 0) is 39.0 Å². The smallest absolute Gasteiger partial charge is 0.317 e. The molecule has 1 fully saturated rings. The third-order valence-electron chi connectivity index (χ3n) is 3.67. The van der Waals surface area contributed by atoms with Crippen LogP contribution >= 0.6 is 0 Å². The van der Waals surface area contributed by atoms with E-state index in [1.54, 1.807) is 0 Å². The summed E-state index contributed by atoms with van der Waals surface area (Å²) < 4.78 is 0. The number of carbonyl (C=O) groups excluding carboxylic acids is 1. The Bertz CT molecular complexity index is 246. The predicted molar refractivity (Wildman–Crippen MR) is 69.0 cm³/mol. The number of hydrogen-bond acceptors (Lipinski definition) is 2. The van der Waals surface area contributed by atoms with Gasteiger partial charge in [0.25, 0.3) is 0 Å². The highest BCUT2D eigenvalue weighted by atomic mass is 16.3. The molecule has 0 unspecified atom stereocenters. The van der Waals surface area contributed by atoms with Gasteiger partial charge >= 0.3 is 6.03 Å². The monoisotopic (exact) mass is 242 g/mol. The molecule has 1 aliphatic heterocycles. The van der Waals surface area contributed by atoms with Crippen molar-refractivity contribution in [3.8, 4) is 0 Å². The fraction of sp³-hybridized carbons (Fsp3) is 0.923. The van der Waals surface area contributed by atoms with Crippen LogP contribution < -0.4 is 5.32 Å². The van der Waals surface area contributed by atoms with Crippen LogP contribution in [0, 0.1) is 0 Å². The van der Waals surface area contributed by atoms with Crippen molar-refractivity contribution in [1.82, 2.24) is 10.2 Å². The van der Waals surface area contributed by atoms with E-state index >= 15 is 0 Å². The molecule has 2 amide bonds. The second kappa shape index (κ2) is 6.84. The molecule has 0 bridgehead atoms. The number of urea groups is 1. The van der Waals surface area contributed by atoms with E-state index in [4.69, 9.17) is 5.11 Å². The van der Waals surface area contributed by atoms with Gasteiger partial charge in [0.15, 0.2) is 0 Å². The summed E-state index contributed by atoms with van der Waals surface area (Å²) in [6.07, 6.45) is 5.92. The van der Waals surface area contributed by atoms with Crippen LogP contribution in [0.15, 0.2) is 0 Å². The highest BCUT2D eigenvalue weighted by Gasteiger charge is 2.38. The molecule has 0 radical (unpaired) electrons. The lowest BCUT2D eigenvalue weighted by Crippen LogP contribution is -2.49. The van der Waals surface area contributed by atoms with Gasteiger partial charge in [-0.2, -0.15) is 0 Å². The highest BCUT2D eigenvalue weighted by molar-refractivity contribution is 5.75. The number of aliphatic hydroxyl groups is 1. The largest absolute Gasteiger partial charge is 0.396 e. The maximum atomic E-state index is 12.1. The summed E-state index contributed by atoms with van der Waals surface area (Å²) in [6, 6.07) is 0.0661. The molecular formula is C13H26N2O2. The van der Waals surface area contributed by atoms with Gasteiger partial charge < -0.3 is 15.3 Å². The van der Waals surface area contributed by atoms with E-state index in [1.165, 1.54) is 0 Å². The van der Waals surface area contributed by atoms with Gasteiger partial charge in [-0.3, -0.25) is 0 Å².